The van der Waals surface area contributed by atoms with Crippen LogP contribution in [-0.4, -0.2) is 19.7 Å². The molecule has 0 aliphatic carbocycles. The highest BCUT2D eigenvalue weighted by Gasteiger charge is 2.09. The van der Waals surface area contributed by atoms with Crippen LogP contribution in [0.5, 0.6) is 0 Å². The molecule has 6 nitrogen and oxygen atoms in total. The molecule has 0 radical (unpaired) electrons. The summed E-state index contributed by atoms with van der Waals surface area (Å²) in [7, 11) is 1.96. The third-order valence-electron chi connectivity index (χ3n) is 3.29. The molecular formula is C16H16N4O2. The highest BCUT2D eigenvalue weighted by molar-refractivity contribution is 5.68. The first-order valence-electron chi connectivity index (χ1n) is 7.04. The SMILES string of the molecule is CC/C=C\c1nc(-c2cccc(-c3noc(=O)[nH]3)c2)cn1C. The average molecular weight is 296 g/mol. The van der Waals surface area contributed by atoms with E-state index in [1.165, 1.54) is 0 Å². The van der Waals surface area contributed by atoms with E-state index < -0.39 is 5.76 Å². The number of aromatic nitrogens is 4. The lowest BCUT2D eigenvalue weighted by molar-refractivity contribution is 0.388. The quantitative estimate of drug-likeness (QED) is 0.803. The molecular weight excluding hydrogens is 280 g/mol. The summed E-state index contributed by atoms with van der Waals surface area (Å²) >= 11 is 0. The number of aryl methyl sites for hydroxylation is 1. The Morgan fingerprint density at radius 1 is 1.36 bits per heavy atom. The monoisotopic (exact) mass is 296 g/mol. The summed E-state index contributed by atoms with van der Waals surface area (Å²) in [4.78, 5) is 18.2. The van der Waals surface area contributed by atoms with Crippen molar-refractivity contribution in [1.29, 1.82) is 0 Å². The zero-order chi connectivity index (χ0) is 15.5. The summed E-state index contributed by atoms with van der Waals surface area (Å²) in [6.45, 7) is 2.09. The van der Waals surface area contributed by atoms with Gasteiger partial charge < -0.3 is 4.57 Å². The molecule has 0 fully saturated rings. The third-order valence-corrected chi connectivity index (χ3v) is 3.29. The summed E-state index contributed by atoms with van der Waals surface area (Å²) in [5, 5.41) is 3.70. The van der Waals surface area contributed by atoms with Gasteiger partial charge in [0.2, 0.25) is 0 Å². The normalized spacial score (nSPS) is 11.4. The number of hydrogen-bond acceptors (Lipinski definition) is 4. The molecule has 0 amide bonds. The van der Waals surface area contributed by atoms with Gasteiger partial charge in [0, 0.05) is 24.4 Å². The van der Waals surface area contributed by atoms with Crippen LogP contribution in [0.4, 0.5) is 0 Å². The Balaban J connectivity index is 1.99. The van der Waals surface area contributed by atoms with E-state index in [-0.39, 0.29) is 0 Å². The van der Waals surface area contributed by atoms with Crippen LogP contribution in [0.2, 0.25) is 0 Å². The zero-order valence-corrected chi connectivity index (χ0v) is 12.4. The van der Waals surface area contributed by atoms with Gasteiger partial charge in [-0.3, -0.25) is 9.51 Å². The zero-order valence-electron chi connectivity index (χ0n) is 12.4. The second-order valence-electron chi connectivity index (χ2n) is 4.93. The number of hydrogen-bond donors (Lipinski definition) is 1. The van der Waals surface area contributed by atoms with E-state index >= 15 is 0 Å². The van der Waals surface area contributed by atoms with E-state index in [1.54, 1.807) is 0 Å². The standard InChI is InChI=1S/C16H16N4O2/c1-3-4-8-14-17-13(10-20(14)2)11-6-5-7-12(9-11)15-18-16(21)22-19-15/h4-10H,3H2,1-2H3,(H,18,19,21)/b8-4-. The Bertz CT molecular complexity index is 870. The third kappa shape index (κ3) is 2.76. The van der Waals surface area contributed by atoms with Gasteiger partial charge in [-0.15, -0.1) is 0 Å². The minimum absolute atomic E-state index is 0.411. The van der Waals surface area contributed by atoms with Crippen LogP contribution in [0.15, 0.2) is 45.9 Å². The second-order valence-corrected chi connectivity index (χ2v) is 4.93. The van der Waals surface area contributed by atoms with E-state index in [0.717, 1.165) is 29.1 Å². The molecule has 0 unspecified atom stereocenters. The fourth-order valence-electron chi connectivity index (χ4n) is 2.18. The first-order valence-corrected chi connectivity index (χ1v) is 7.04. The lowest BCUT2D eigenvalue weighted by atomic mass is 10.1. The van der Waals surface area contributed by atoms with Crippen molar-refractivity contribution in [2.45, 2.75) is 13.3 Å². The minimum atomic E-state index is -0.565. The number of aromatic amines is 1. The average Bonchev–Trinajstić information content (AvgIpc) is 3.12. The van der Waals surface area contributed by atoms with Gasteiger partial charge in [-0.1, -0.05) is 36.4 Å². The lowest BCUT2D eigenvalue weighted by Crippen LogP contribution is -1.94. The molecule has 0 aliphatic heterocycles. The highest BCUT2D eigenvalue weighted by atomic mass is 16.5. The van der Waals surface area contributed by atoms with E-state index in [4.69, 9.17) is 0 Å². The summed E-state index contributed by atoms with van der Waals surface area (Å²) in [6, 6.07) is 7.65. The Morgan fingerprint density at radius 2 is 2.18 bits per heavy atom. The van der Waals surface area contributed by atoms with Crippen LogP contribution in [-0.2, 0) is 7.05 Å². The summed E-state index contributed by atoms with van der Waals surface area (Å²) < 4.78 is 6.52. The first kappa shape index (κ1) is 14.1. The Morgan fingerprint density at radius 3 is 2.91 bits per heavy atom. The second kappa shape index (κ2) is 5.85. The van der Waals surface area contributed by atoms with Crippen LogP contribution in [0.25, 0.3) is 28.7 Å². The van der Waals surface area contributed by atoms with E-state index in [0.29, 0.717) is 5.82 Å². The van der Waals surface area contributed by atoms with Gasteiger partial charge in [-0.05, 0) is 18.6 Å². The Kier molecular flexibility index (Phi) is 3.74. The number of nitrogens with one attached hydrogen (secondary N) is 1. The maximum Gasteiger partial charge on any atom is 0.439 e. The van der Waals surface area contributed by atoms with Crippen LogP contribution in [0.1, 0.15) is 19.2 Å². The molecule has 22 heavy (non-hydrogen) atoms. The fraction of sp³-hybridized carbons (Fsp3) is 0.188. The molecule has 1 N–H and O–H groups in total. The van der Waals surface area contributed by atoms with E-state index in [2.05, 4.69) is 32.6 Å². The predicted molar refractivity (Wildman–Crippen MR) is 84.1 cm³/mol. The van der Waals surface area contributed by atoms with Crippen LogP contribution >= 0.6 is 0 Å². The van der Waals surface area contributed by atoms with Crippen molar-refractivity contribution in [3.8, 4) is 22.6 Å². The van der Waals surface area contributed by atoms with Crippen molar-refractivity contribution in [3.63, 3.8) is 0 Å². The fourth-order valence-corrected chi connectivity index (χ4v) is 2.18. The molecule has 2 heterocycles. The Labute approximate surface area is 127 Å². The molecule has 0 saturated carbocycles. The maximum absolute atomic E-state index is 11.1. The number of allylic oxidation sites excluding steroid dienone is 1. The molecule has 0 aliphatic rings. The van der Waals surface area contributed by atoms with Crippen molar-refractivity contribution in [1.82, 2.24) is 19.7 Å². The minimum Gasteiger partial charge on any atom is -0.334 e. The molecule has 6 heteroatoms. The van der Waals surface area contributed by atoms with Gasteiger partial charge in [-0.2, -0.15) is 0 Å². The molecule has 3 rings (SSSR count). The summed E-state index contributed by atoms with van der Waals surface area (Å²) in [5.74, 6) is 0.746. The van der Waals surface area contributed by atoms with Gasteiger partial charge in [-0.25, -0.2) is 9.78 Å². The topological polar surface area (TPSA) is 76.7 Å². The van der Waals surface area contributed by atoms with E-state index in [1.807, 2.05) is 48.2 Å². The van der Waals surface area contributed by atoms with Gasteiger partial charge >= 0.3 is 5.76 Å². The highest BCUT2D eigenvalue weighted by Crippen LogP contribution is 2.23. The molecule has 0 atom stereocenters. The van der Waals surface area contributed by atoms with Crippen molar-refractivity contribution in [2.75, 3.05) is 0 Å². The number of nitrogens with zero attached hydrogens (tertiary/aromatic N) is 3. The predicted octanol–water partition coefficient (Wildman–Crippen LogP) is 2.85. The summed E-state index contributed by atoms with van der Waals surface area (Å²) in [6.07, 6.45) is 7.02. The lowest BCUT2D eigenvalue weighted by Gasteiger charge is -1.99. The number of imidazole rings is 1. The molecule has 112 valence electrons. The molecule has 2 aromatic heterocycles. The number of benzene rings is 1. The van der Waals surface area contributed by atoms with Crippen LogP contribution in [0.3, 0.4) is 0 Å². The van der Waals surface area contributed by atoms with Crippen molar-refractivity contribution < 1.29 is 4.52 Å². The molecule has 3 aromatic rings. The van der Waals surface area contributed by atoms with Gasteiger partial charge in [0.1, 0.15) is 5.82 Å². The van der Waals surface area contributed by atoms with Crippen molar-refractivity contribution in [2.24, 2.45) is 7.05 Å². The molecule has 0 spiro atoms. The number of H-pyrrole nitrogens is 1. The van der Waals surface area contributed by atoms with E-state index in [9.17, 15) is 4.79 Å². The first-order chi connectivity index (χ1) is 10.7. The number of rotatable bonds is 4. The van der Waals surface area contributed by atoms with Gasteiger partial charge in [0.05, 0.1) is 5.69 Å². The van der Waals surface area contributed by atoms with Crippen molar-refractivity contribution in [3.05, 3.63) is 52.9 Å². The van der Waals surface area contributed by atoms with Crippen LogP contribution in [0, 0.1) is 0 Å². The van der Waals surface area contributed by atoms with Gasteiger partial charge in [0.25, 0.3) is 0 Å². The summed E-state index contributed by atoms with van der Waals surface area (Å²) in [5.41, 5.74) is 2.60. The molecule has 0 bridgehead atoms. The smallest absolute Gasteiger partial charge is 0.334 e. The molecule has 0 saturated heterocycles. The largest absolute Gasteiger partial charge is 0.439 e. The van der Waals surface area contributed by atoms with Crippen LogP contribution < -0.4 is 5.76 Å². The van der Waals surface area contributed by atoms with Gasteiger partial charge in [0.15, 0.2) is 5.82 Å². The van der Waals surface area contributed by atoms with Crippen molar-refractivity contribution >= 4 is 6.08 Å². The maximum atomic E-state index is 11.1. The Hall–Kier alpha value is -2.89. The molecule has 1 aromatic carbocycles.